The molecule has 2 heterocycles. The van der Waals surface area contributed by atoms with E-state index in [-0.39, 0.29) is 22.9 Å². The number of nitrogens with zero attached hydrogens (tertiary/aromatic N) is 2. The lowest BCUT2D eigenvalue weighted by atomic mass is 10.3. The van der Waals surface area contributed by atoms with E-state index in [1.165, 1.54) is 15.8 Å². The molecule has 8 heteroatoms. The molecule has 2 aromatic heterocycles. The summed E-state index contributed by atoms with van der Waals surface area (Å²) in [6.07, 6.45) is 3.17. The lowest BCUT2D eigenvalue weighted by Gasteiger charge is -2.20. The van der Waals surface area contributed by atoms with E-state index in [0.717, 1.165) is 16.9 Å². The lowest BCUT2D eigenvalue weighted by Crippen LogP contribution is -2.31. The minimum Gasteiger partial charge on any atom is -0.477 e. The monoisotopic (exact) mass is 326 g/mol. The summed E-state index contributed by atoms with van der Waals surface area (Å²) >= 11 is 0.903. The highest BCUT2D eigenvalue weighted by atomic mass is 32.2. The Kier molecular flexibility index (Phi) is 4.71. The van der Waals surface area contributed by atoms with Crippen molar-refractivity contribution in [1.29, 1.82) is 0 Å². The molecule has 0 spiro atoms. The maximum absolute atomic E-state index is 12.6. The van der Waals surface area contributed by atoms with Crippen LogP contribution < -0.4 is 0 Å². The molecule has 0 fully saturated rings. The first-order valence-electron chi connectivity index (χ1n) is 6.16. The highest BCUT2D eigenvalue weighted by Gasteiger charge is 2.29. The molecule has 0 saturated heterocycles. The van der Waals surface area contributed by atoms with E-state index >= 15 is 0 Å². The third kappa shape index (κ3) is 3.29. The molecule has 0 aliphatic heterocycles. The van der Waals surface area contributed by atoms with Crippen molar-refractivity contribution < 1.29 is 18.3 Å². The van der Waals surface area contributed by atoms with Crippen molar-refractivity contribution in [3.63, 3.8) is 0 Å². The molecule has 1 N–H and O–H groups in total. The summed E-state index contributed by atoms with van der Waals surface area (Å²) in [4.78, 5) is 14.7. The molecule has 0 amide bonds. The zero-order chi connectivity index (χ0) is 15.5. The third-order valence-corrected chi connectivity index (χ3v) is 5.90. The number of pyridine rings is 1. The van der Waals surface area contributed by atoms with Gasteiger partial charge in [-0.3, -0.25) is 4.98 Å². The number of aromatic nitrogens is 1. The first kappa shape index (κ1) is 15.6. The van der Waals surface area contributed by atoms with Crippen LogP contribution in [0, 0.1) is 0 Å². The Morgan fingerprint density at radius 2 is 2.00 bits per heavy atom. The maximum atomic E-state index is 12.6. The van der Waals surface area contributed by atoms with Crippen molar-refractivity contribution in [3.05, 3.63) is 46.4 Å². The van der Waals surface area contributed by atoms with Gasteiger partial charge >= 0.3 is 5.97 Å². The second-order valence-electron chi connectivity index (χ2n) is 4.21. The van der Waals surface area contributed by atoms with E-state index < -0.39 is 16.0 Å². The van der Waals surface area contributed by atoms with Crippen LogP contribution in [0.25, 0.3) is 0 Å². The number of carboxylic acids is 1. The maximum Gasteiger partial charge on any atom is 0.347 e. The predicted molar refractivity (Wildman–Crippen MR) is 78.8 cm³/mol. The number of aromatic carboxylic acids is 1. The Morgan fingerprint density at radius 1 is 1.33 bits per heavy atom. The summed E-state index contributed by atoms with van der Waals surface area (Å²) < 4.78 is 26.5. The van der Waals surface area contributed by atoms with Crippen LogP contribution in [-0.4, -0.2) is 35.3 Å². The van der Waals surface area contributed by atoms with Crippen molar-refractivity contribution in [2.24, 2.45) is 0 Å². The van der Waals surface area contributed by atoms with Gasteiger partial charge < -0.3 is 5.11 Å². The Hall–Kier alpha value is -1.77. The fourth-order valence-corrected chi connectivity index (χ4v) is 4.52. The number of carbonyl (C=O) groups is 1. The molecule has 112 valence electrons. The smallest absolute Gasteiger partial charge is 0.347 e. The molecule has 0 saturated carbocycles. The fourth-order valence-electron chi connectivity index (χ4n) is 1.85. The quantitative estimate of drug-likeness (QED) is 0.878. The zero-order valence-electron chi connectivity index (χ0n) is 11.3. The van der Waals surface area contributed by atoms with Gasteiger partial charge in [0.15, 0.2) is 0 Å². The number of hydrogen-bond acceptors (Lipinski definition) is 5. The summed E-state index contributed by atoms with van der Waals surface area (Å²) in [5, 5.41) is 10.6. The largest absolute Gasteiger partial charge is 0.477 e. The first-order chi connectivity index (χ1) is 9.96. The third-order valence-electron chi connectivity index (χ3n) is 2.90. The van der Waals surface area contributed by atoms with Crippen molar-refractivity contribution >= 4 is 27.3 Å². The van der Waals surface area contributed by atoms with Crippen molar-refractivity contribution in [2.45, 2.75) is 18.4 Å². The van der Waals surface area contributed by atoms with Gasteiger partial charge in [-0.2, -0.15) is 4.31 Å². The van der Waals surface area contributed by atoms with Gasteiger partial charge in [0.1, 0.15) is 9.77 Å². The number of rotatable bonds is 6. The summed E-state index contributed by atoms with van der Waals surface area (Å²) in [6.45, 7) is 2.14. The molecule has 0 aromatic carbocycles. The standard InChI is InChI=1S/C13H14N2O4S2/c1-2-15(9-10-3-6-14-7-4-10)21(18,19)11-5-8-20-12(11)13(16)17/h3-8H,2,9H2,1H3,(H,16,17). The average molecular weight is 326 g/mol. The molecular formula is C13H14N2O4S2. The van der Waals surface area contributed by atoms with E-state index in [0.29, 0.717) is 0 Å². The van der Waals surface area contributed by atoms with E-state index in [9.17, 15) is 13.2 Å². The number of carboxylic acid groups (broad SMARTS) is 1. The highest BCUT2D eigenvalue weighted by Crippen LogP contribution is 2.26. The van der Waals surface area contributed by atoms with E-state index in [1.807, 2.05) is 0 Å². The lowest BCUT2D eigenvalue weighted by molar-refractivity contribution is 0.0698. The fraction of sp³-hybridized carbons (Fsp3) is 0.231. The molecule has 2 aromatic rings. The predicted octanol–water partition coefficient (Wildman–Crippen LogP) is 2.05. The van der Waals surface area contributed by atoms with Crippen molar-refractivity contribution in [1.82, 2.24) is 9.29 Å². The van der Waals surface area contributed by atoms with Crippen LogP contribution in [-0.2, 0) is 16.6 Å². The second-order valence-corrected chi connectivity index (χ2v) is 7.03. The Bertz CT molecular complexity index is 726. The molecular weight excluding hydrogens is 312 g/mol. The minimum atomic E-state index is -3.84. The zero-order valence-corrected chi connectivity index (χ0v) is 12.9. The molecule has 6 nitrogen and oxygen atoms in total. The topological polar surface area (TPSA) is 87.6 Å². The normalized spacial score (nSPS) is 11.7. The van der Waals surface area contributed by atoms with Gasteiger partial charge in [0.05, 0.1) is 0 Å². The Balaban J connectivity index is 2.36. The van der Waals surface area contributed by atoms with Gasteiger partial charge in [-0.25, -0.2) is 13.2 Å². The van der Waals surface area contributed by atoms with Crippen LogP contribution in [0.5, 0.6) is 0 Å². The van der Waals surface area contributed by atoms with E-state index in [4.69, 9.17) is 5.11 Å². The summed E-state index contributed by atoms with van der Waals surface area (Å²) in [5.74, 6) is -1.23. The van der Waals surface area contributed by atoms with Gasteiger partial charge in [-0.05, 0) is 29.1 Å². The summed E-state index contributed by atoms with van der Waals surface area (Å²) in [5.41, 5.74) is 0.794. The van der Waals surface area contributed by atoms with Crippen LogP contribution in [0.2, 0.25) is 0 Å². The second kappa shape index (κ2) is 6.33. The van der Waals surface area contributed by atoms with E-state index in [2.05, 4.69) is 4.98 Å². The molecule has 0 aliphatic rings. The van der Waals surface area contributed by atoms with Gasteiger partial charge in [0, 0.05) is 25.5 Å². The van der Waals surface area contributed by atoms with Gasteiger partial charge in [0.25, 0.3) is 0 Å². The van der Waals surface area contributed by atoms with Crippen molar-refractivity contribution in [3.8, 4) is 0 Å². The molecule has 2 rings (SSSR count). The number of hydrogen-bond donors (Lipinski definition) is 1. The van der Waals surface area contributed by atoms with Gasteiger partial charge in [-0.15, -0.1) is 11.3 Å². The van der Waals surface area contributed by atoms with Crippen LogP contribution in [0.3, 0.4) is 0 Å². The average Bonchev–Trinajstić information content (AvgIpc) is 2.96. The van der Waals surface area contributed by atoms with Gasteiger partial charge in [0.2, 0.25) is 10.0 Å². The molecule has 0 atom stereocenters. The minimum absolute atomic E-state index is 0.157. The first-order valence-corrected chi connectivity index (χ1v) is 8.48. The molecule has 0 bridgehead atoms. The highest BCUT2D eigenvalue weighted by molar-refractivity contribution is 7.89. The summed E-state index contributed by atoms with van der Waals surface area (Å²) in [6, 6.07) is 4.78. The number of thiophene rings is 1. The molecule has 21 heavy (non-hydrogen) atoms. The van der Waals surface area contributed by atoms with Crippen LogP contribution in [0.15, 0.2) is 40.9 Å². The van der Waals surface area contributed by atoms with E-state index in [1.54, 1.807) is 31.5 Å². The van der Waals surface area contributed by atoms with Crippen LogP contribution in [0.4, 0.5) is 0 Å². The molecule has 0 aliphatic carbocycles. The Labute approximate surface area is 126 Å². The molecule has 0 radical (unpaired) electrons. The SMILES string of the molecule is CCN(Cc1ccncc1)S(=O)(=O)c1ccsc1C(=O)O. The van der Waals surface area contributed by atoms with Crippen LogP contribution >= 0.6 is 11.3 Å². The number of sulfonamides is 1. The van der Waals surface area contributed by atoms with Crippen molar-refractivity contribution in [2.75, 3.05) is 6.54 Å². The summed E-state index contributed by atoms with van der Waals surface area (Å²) in [7, 11) is -3.84. The van der Waals surface area contributed by atoms with Crippen LogP contribution in [0.1, 0.15) is 22.2 Å². The molecule has 0 unspecified atom stereocenters. The van der Waals surface area contributed by atoms with Gasteiger partial charge in [-0.1, -0.05) is 6.92 Å². The Morgan fingerprint density at radius 3 is 2.57 bits per heavy atom.